The molecule has 0 heterocycles. The molecule has 0 aliphatic heterocycles. The van der Waals surface area contributed by atoms with E-state index in [-0.39, 0.29) is 4.28 Å². The van der Waals surface area contributed by atoms with Crippen LogP contribution in [0.25, 0.3) is 11.1 Å². The Morgan fingerprint density at radius 3 is 2.29 bits per heavy atom. The molecule has 2 aliphatic carbocycles. The first-order chi connectivity index (χ1) is 8.36. The van der Waals surface area contributed by atoms with E-state index in [4.69, 9.17) is 0 Å². The molecule has 0 fully saturated rings. The van der Waals surface area contributed by atoms with Crippen LogP contribution in [0, 0.1) is 0 Å². The average molecular weight is 256 g/mol. The molecule has 0 unspecified atom stereocenters. The van der Waals surface area contributed by atoms with Crippen molar-refractivity contribution in [3.63, 3.8) is 0 Å². The van der Waals surface area contributed by atoms with Crippen molar-refractivity contribution < 1.29 is 24.7 Å². The van der Waals surface area contributed by atoms with Crippen LogP contribution in [0.5, 0.6) is 0 Å². The quantitative estimate of drug-likeness (QED) is 0.704. The Balaban J connectivity index is 0.00000120. The molecular formula is C16H16Ti. The van der Waals surface area contributed by atoms with E-state index in [1.54, 1.807) is 0 Å². The minimum absolute atomic E-state index is 0. The van der Waals surface area contributed by atoms with Crippen molar-refractivity contribution in [2.75, 3.05) is 0 Å². The Kier molecular flexibility index (Phi) is 3.01. The van der Waals surface area contributed by atoms with Crippen LogP contribution in [0.2, 0.25) is 0 Å². The van der Waals surface area contributed by atoms with Crippen molar-refractivity contribution in [2.24, 2.45) is 0 Å². The molecule has 0 bridgehead atoms. The van der Waals surface area contributed by atoms with Gasteiger partial charge in [-0.2, -0.15) is 0 Å². The second-order valence-corrected chi connectivity index (χ2v) is 5.22. The van der Waals surface area contributed by atoms with E-state index < -0.39 is 0 Å². The monoisotopic (exact) mass is 256 g/mol. The van der Waals surface area contributed by atoms with Crippen LogP contribution in [0.3, 0.4) is 0 Å². The van der Waals surface area contributed by atoms with Crippen LogP contribution in [0.4, 0.5) is 0 Å². The first-order valence-electron chi connectivity index (χ1n) is 5.93. The molecule has 0 N–H and O–H groups in total. The van der Waals surface area contributed by atoms with Gasteiger partial charge in [-0.3, -0.25) is 0 Å². The van der Waals surface area contributed by atoms with Gasteiger partial charge in [0.25, 0.3) is 0 Å². The Hall–Kier alpha value is -1.11. The van der Waals surface area contributed by atoms with E-state index in [1.165, 1.54) is 26.1 Å². The normalized spacial score (nSPS) is 17.5. The van der Waals surface area contributed by atoms with Gasteiger partial charge in [-0.15, -0.1) is 0 Å². The topological polar surface area (TPSA) is 0 Å². The molecule has 0 spiro atoms. The summed E-state index contributed by atoms with van der Waals surface area (Å²) >= 11 is 2.21. The van der Waals surface area contributed by atoms with Crippen molar-refractivity contribution in [2.45, 2.75) is 12.8 Å². The van der Waals surface area contributed by atoms with E-state index in [2.05, 4.69) is 75.1 Å². The summed E-state index contributed by atoms with van der Waals surface area (Å²) in [5.74, 6) is 0. The Morgan fingerprint density at radius 1 is 0.941 bits per heavy atom. The summed E-state index contributed by atoms with van der Waals surface area (Å²) in [4.78, 5) is 0. The van der Waals surface area contributed by atoms with Crippen LogP contribution in [0.1, 0.15) is 28.2 Å². The van der Waals surface area contributed by atoms with Gasteiger partial charge in [0.15, 0.2) is 0 Å². The summed E-state index contributed by atoms with van der Waals surface area (Å²) in [5.41, 5.74) is 5.74. The number of hydrogen-bond acceptors (Lipinski definition) is 0. The molecule has 1 heteroatoms. The summed E-state index contributed by atoms with van der Waals surface area (Å²) in [6, 6.07) is 6.62. The zero-order valence-electron chi connectivity index (χ0n) is 12.6. The third-order valence-electron chi connectivity index (χ3n) is 3.27. The molecule has 3 rings (SSSR count). The summed E-state index contributed by atoms with van der Waals surface area (Å²) < 4.78 is 1.38. The molecule has 1 aromatic rings. The maximum absolute atomic E-state index is 2.25. The van der Waals surface area contributed by atoms with Crippen molar-refractivity contribution in [1.82, 2.24) is 0 Å². The molecule has 0 saturated carbocycles. The molecule has 84 valence electrons. The predicted octanol–water partition coefficient (Wildman–Crippen LogP) is 3.88. The number of allylic oxidation sites excluding steroid dienone is 8. The predicted molar refractivity (Wildman–Crippen MR) is 72.9 cm³/mol. The molecule has 0 aromatic heterocycles. The first-order valence-corrected chi connectivity index (χ1v) is 6.71. The van der Waals surface area contributed by atoms with Crippen molar-refractivity contribution in [3.05, 3.63) is 65.8 Å². The second-order valence-electron chi connectivity index (χ2n) is 4.38. The zero-order valence-corrected chi connectivity index (χ0v) is 11.2. The van der Waals surface area contributed by atoms with Gasteiger partial charge in [0.05, 0.1) is 0 Å². The van der Waals surface area contributed by atoms with E-state index in [0.29, 0.717) is 0 Å². The molecular weight excluding hydrogens is 240 g/mol. The maximum atomic E-state index is 2.25. The van der Waals surface area contributed by atoms with Crippen molar-refractivity contribution in [1.29, 1.82) is 0 Å². The molecule has 2 aliphatic rings. The molecule has 0 saturated heterocycles. The van der Waals surface area contributed by atoms with E-state index in [9.17, 15) is 0 Å². The minimum atomic E-state index is 0. The van der Waals surface area contributed by atoms with Gasteiger partial charge in [0.2, 0.25) is 0 Å². The molecule has 0 radical (unpaired) electrons. The van der Waals surface area contributed by atoms with E-state index in [0.717, 1.165) is 12.8 Å². The van der Waals surface area contributed by atoms with Crippen molar-refractivity contribution in [3.8, 4) is 0 Å². The van der Waals surface area contributed by atoms with E-state index in [1.807, 2.05) is 0 Å². The van der Waals surface area contributed by atoms with Crippen molar-refractivity contribution >= 4 is 15.0 Å². The van der Waals surface area contributed by atoms with Gasteiger partial charge in [-0.25, -0.2) is 0 Å². The van der Waals surface area contributed by atoms with Gasteiger partial charge in [0, 0.05) is 0 Å². The van der Waals surface area contributed by atoms with Crippen LogP contribution < -0.4 is 3.87 Å². The van der Waals surface area contributed by atoms with E-state index >= 15 is 0 Å². The Bertz CT molecular complexity index is 583. The van der Waals surface area contributed by atoms with Crippen LogP contribution >= 0.6 is 0 Å². The summed E-state index contributed by atoms with van der Waals surface area (Å²) in [6.07, 6.45) is 15.4. The first kappa shape index (κ1) is 11.0. The van der Waals surface area contributed by atoms with Gasteiger partial charge >= 0.3 is 114 Å². The molecule has 0 nitrogen and oxygen atoms in total. The fraction of sp³-hybridized carbons (Fsp3) is 0.125. The summed E-state index contributed by atoms with van der Waals surface area (Å²) in [6.45, 7) is 0. The van der Waals surface area contributed by atoms with Gasteiger partial charge in [-0.05, 0) is 0 Å². The third kappa shape index (κ3) is 2.03. The number of rotatable bonds is 2. The van der Waals surface area contributed by atoms with Gasteiger partial charge in [-0.1, -0.05) is 0 Å². The van der Waals surface area contributed by atoms with Gasteiger partial charge in [0.1, 0.15) is 0 Å². The number of hydrogen-bond donors (Lipinski definition) is 0. The molecule has 0 amide bonds. The standard InChI is InChI=1S/C16H13.Ti.3H/c1-2-8-13(7-1)15-11-5-6-12-16(15)14-9-3-4-10-14;;;;/h1-7,9,11H,8,10H2;;;;/q;+3;3*-1. The summed E-state index contributed by atoms with van der Waals surface area (Å²) in [7, 11) is 0. The zero-order chi connectivity index (χ0) is 11.7. The van der Waals surface area contributed by atoms with Crippen LogP contribution in [-0.2, 0) is 20.4 Å². The van der Waals surface area contributed by atoms with Gasteiger partial charge < -0.3 is 4.28 Å². The SMILES string of the molecule is [H-].[H-].[H-].[Ti+3][c]1cccc(C2=CC=CC2)c1C1=CC=CC1. The molecule has 0 atom stereocenters. The number of benzene rings is 1. The Morgan fingerprint density at radius 2 is 1.65 bits per heavy atom. The van der Waals surface area contributed by atoms with Crippen LogP contribution in [-0.4, -0.2) is 0 Å². The third-order valence-corrected chi connectivity index (χ3v) is 3.92. The molecule has 17 heavy (non-hydrogen) atoms. The summed E-state index contributed by atoms with van der Waals surface area (Å²) in [5, 5.41) is 0. The molecule has 1 aromatic carbocycles. The fourth-order valence-electron chi connectivity index (χ4n) is 2.45. The second kappa shape index (κ2) is 4.64. The van der Waals surface area contributed by atoms with Crippen LogP contribution in [0.15, 0.2) is 54.7 Å². The fourth-order valence-corrected chi connectivity index (χ4v) is 3.06. The average Bonchev–Trinajstić information content (AvgIpc) is 3.02. The Labute approximate surface area is 118 Å².